The van der Waals surface area contributed by atoms with Crippen LogP contribution < -0.4 is 4.72 Å². The molecule has 1 aromatic carbocycles. The first-order valence-corrected chi connectivity index (χ1v) is 7.30. The molecule has 1 heterocycles. The summed E-state index contributed by atoms with van der Waals surface area (Å²) in [6, 6.07) is 9.86. The second-order valence-electron chi connectivity index (χ2n) is 4.00. The molecule has 0 bridgehead atoms. The lowest BCUT2D eigenvalue weighted by atomic mass is 10.2. The number of hydrogen-bond acceptors (Lipinski definition) is 5. The molecule has 6 nitrogen and oxygen atoms in total. The van der Waals surface area contributed by atoms with E-state index in [2.05, 4.69) is 14.7 Å². The summed E-state index contributed by atoms with van der Waals surface area (Å²) < 4.78 is 26.6. The summed E-state index contributed by atoms with van der Waals surface area (Å²) in [5, 5.41) is 8.57. The molecule has 0 amide bonds. The van der Waals surface area contributed by atoms with Gasteiger partial charge in [-0.1, -0.05) is 12.1 Å². The van der Waals surface area contributed by atoms with Gasteiger partial charge in [-0.2, -0.15) is 5.26 Å². The standard InChI is InChI=1S/C13H12N4O2S/c14-7-5-11-1-3-13(4-2-11)20(18,19)17-9-12-6-8-15-10-16-12/h1-4,6,8,10,17H,5,9H2. The molecule has 0 fully saturated rings. The Morgan fingerprint density at radius 3 is 2.55 bits per heavy atom. The zero-order valence-corrected chi connectivity index (χ0v) is 11.3. The average Bonchev–Trinajstić information content (AvgIpc) is 2.47. The van der Waals surface area contributed by atoms with Crippen LogP contribution in [0, 0.1) is 11.3 Å². The predicted octanol–water partition coefficient (Wildman–Crippen LogP) is 1.02. The van der Waals surface area contributed by atoms with E-state index < -0.39 is 10.0 Å². The topological polar surface area (TPSA) is 95.7 Å². The molecule has 0 aliphatic rings. The van der Waals surface area contributed by atoms with Crippen molar-refractivity contribution < 1.29 is 8.42 Å². The summed E-state index contributed by atoms with van der Waals surface area (Å²) in [5.74, 6) is 0. The molecule has 2 aromatic rings. The normalized spacial score (nSPS) is 10.9. The Morgan fingerprint density at radius 2 is 1.95 bits per heavy atom. The average molecular weight is 288 g/mol. The van der Waals surface area contributed by atoms with Gasteiger partial charge < -0.3 is 0 Å². The molecule has 0 atom stereocenters. The number of nitrogens with zero attached hydrogens (tertiary/aromatic N) is 3. The lowest BCUT2D eigenvalue weighted by Crippen LogP contribution is -2.23. The molecule has 0 aliphatic carbocycles. The minimum absolute atomic E-state index is 0.102. The van der Waals surface area contributed by atoms with Crippen LogP contribution in [0.2, 0.25) is 0 Å². The third-order valence-corrected chi connectivity index (χ3v) is 4.02. The van der Waals surface area contributed by atoms with Gasteiger partial charge in [0.15, 0.2) is 0 Å². The third-order valence-electron chi connectivity index (χ3n) is 2.60. The summed E-state index contributed by atoms with van der Waals surface area (Å²) in [7, 11) is -3.58. The summed E-state index contributed by atoms with van der Waals surface area (Å²) in [5.41, 5.74) is 1.37. The maximum absolute atomic E-state index is 12.1. The molecule has 102 valence electrons. The minimum atomic E-state index is -3.58. The number of benzene rings is 1. The monoisotopic (exact) mass is 288 g/mol. The maximum Gasteiger partial charge on any atom is 0.240 e. The molecule has 7 heteroatoms. The van der Waals surface area contributed by atoms with Crippen molar-refractivity contribution in [3.63, 3.8) is 0 Å². The van der Waals surface area contributed by atoms with E-state index in [-0.39, 0.29) is 17.9 Å². The fourth-order valence-corrected chi connectivity index (χ4v) is 2.55. The van der Waals surface area contributed by atoms with E-state index in [0.717, 1.165) is 5.56 Å². The van der Waals surface area contributed by atoms with E-state index in [9.17, 15) is 8.42 Å². The zero-order chi connectivity index (χ0) is 14.4. The van der Waals surface area contributed by atoms with Gasteiger partial charge in [0.1, 0.15) is 6.33 Å². The van der Waals surface area contributed by atoms with Crippen LogP contribution in [-0.4, -0.2) is 18.4 Å². The third kappa shape index (κ3) is 3.60. The Balaban J connectivity index is 2.08. The number of sulfonamides is 1. The number of nitriles is 1. The second-order valence-corrected chi connectivity index (χ2v) is 5.77. The SMILES string of the molecule is N#CCc1ccc(S(=O)(=O)NCc2ccncn2)cc1. The van der Waals surface area contributed by atoms with Gasteiger partial charge in [-0.25, -0.2) is 23.1 Å². The first kappa shape index (κ1) is 14.1. The van der Waals surface area contributed by atoms with Gasteiger partial charge in [0.25, 0.3) is 0 Å². The van der Waals surface area contributed by atoms with Crippen LogP contribution in [0.25, 0.3) is 0 Å². The molecule has 20 heavy (non-hydrogen) atoms. The summed E-state index contributed by atoms with van der Waals surface area (Å²) >= 11 is 0. The number of hydrogen-bond donors (Lipinski definition) is 1. The van der Waals surface area contributed by atoms with Crippen molar-refractivity contribution in [3.05, 3.63) is 54.1 Å². The Hall–Kier alpha value is -2.30. The van der Waals surface area contributed by atoms with Crippen LogP contribution in [0.1, 0.15) is 11.3 Å². The van der Waals surface area contributed by atoms with E-state index in [0.29, 0.717) is 5.69 Å². The number of nitrogens with one attached hydrogen (secondary N) is 1. The van der Waals surface area contributed by atoms with Crippen molar-refractivity contribution in [2.45, 2.75) is 17.9 Å². The van der Waals surface area contributed by atoms with E-state index in [1.54, 1.807) is 24.4 Å². The van der Waals surface area contributed by atoms with Gasteiger partial charge in [0.05, 0.1) is 29.6 Å². The van der Waals surface area contributed by atoms with Gasteiger partial charge in [0.2, 0.25) is 10.0 Å². The molecule has 0 spiro atoms. The van der Waals surface area contributed by atoms with E-state index in [1.807, 2.05) is 6.07 Å². The molecular formula is C13H12N4O2S. The molecule has 0 unspecified atom stereocenters. The van der Waals surface area contributed by atoms with E-state index in [4.69, 9.17) is 5.26 Å². The molecule has 0 aliphatic heterocycles. The highest BCUT2D eigenvalue weighted by atomic mass is 32.2. The Kier molecular flexibility index (Phi) is 4.40. The minimum Gasteiger partial charge on any atom is -0.245 e. The van der Waals surface area contributed by atoms with Crippen molar-refractivity contribution in [1.82, 2.24) is 14.7 Å². The molecule has 0 saturated carbocycles. The quantitative estimate of drug-likeness (QED) is 0.886. The second kappa shape index (κ2) is 6.23. The largest absolute Gasteiger partial charge is 0.245 e. The van der Waals surface area contributed by atoms with Crippen molar-refractivity contribution in [2.24, 2.45) is 0 Å². The van der Waals surface area contributed by atoms with Gasteiger partial charge in [0, 0.05) is 6.20 Å². The van der Waals surface area contributed by atoms with Crippen molar-refractivity contribution in [2.75, 3.05) is 0 Å². The number of aromatic nitrogens is 2. The van der Waals surface area contributed by atoms with E-state index in [1.165, 1.54) is 18.5 Å². The van der Waals surface area contributed by atoms with Gasteiger partial charge in [-0.3, -0.25) is 0 Å². The summed E-state index contributed by atoms with van der Waals surface area (Å²) in [6.07, 6.45) is 3.17. The van der Waals surface area contributed by atoms with Crippen LogP contribution in [0.15, 0.2) is 47.8 Å². The molecule has 1 N–H and O–H groups in total. The highest BCUT2D eigenvalue weighted by Gasteiger charge is 2.13. The maximum atomic E-state index is 12.1. The highest BCUT2D eigenvalue weighted by molar-refractivity contribution is 7.89. The summed E-state index contributed by atoms with van der Waals surface area (Å²) in [6.45, 7) is 0.102. The Labute approximate surface area is 117 Å². The predicted molar refractivity (Wildman–Crippen MR) is 71.8 cm³/mol. The smallest absolute Gasteiger partial charge is 0.240 e. The zero-order valence-electron chi connectivity index (χ0n) is 10.5. The molecule has 0 saturated heterocycles. The van der Waals surface area contributed by atoms with Crippen LogP contribution in [-0.2, 0) is 23.0 Å². The molecule has 0 radical (unpaired) electrons. The first-order valence-electron chi connectivity index (χ1n) is 5.82. The van der Waals surface area contributed by atoms with Crippen LogP contribution in [0.5, 0.6) is 0 Å². The lowest BCUT2D eigenvalue weighted by Gasteiger charge is -2.06. The van der Waals surface area contributed by atoms with Crippen molar-refractivity contribution in [1.29, 1.82) is 5.26 Å². The van der Waals surface area contributed by atoms with Crippen LogP contribution >= 0.6 is 0 Å². The Bertz CT molecular complexity index is 706. The van der Waals surface area contributed by atoms with Crippen molar-refractivity contribution >= 4 is 10.0 Å². The fraction of sp³-hybridized carbons (Fsp3) is 0.154. The Morgan fingerprint density at radius 1 is 1.20 bits per heavy atom. The highest BCUT2D eigenvalue weighted by Crippen LogP contribution is 2.11. The van der Waals surface area contributed by atoms with Gasteiger partial charge in [-0.15, -0.1) is 0 Å². The molecule has 2 rings (SSSR count). The van der Waals surface area contributed by atoms with Gasteiger partial charge in [-0.05, 0) is 23.8 Å². The number of rotatable bonds is 5. The lowest BCUT2D eigenvalue weighted by molar-refractivity contribution is 0.580. The summed E-state index contributed by atoms with van der Waals surface area (Å²) in [4.78, 5) is 7.86. The van der Waals surface area contributed by atoms with Crippen LogP contribution in [0.3, 0.4) is 0 Å². The first-order chi connectivity index (χ1) is 9.62. The fourth-order valence-electron chi connectivity index (χ4n) is 1.55. The van der Waals surface area contributed by atoms with Crippen molar-refractivity contribution in [3.8, 4) is 6.07 Å². The van der Waals surface area contributed by atoms with Crippen LogP contribution in [0.4, 0.5) is 0 Å². The van der Waals surface area contributed by atoms with E-state index >= 15 is 0 Å². The molecular weight excluding hydrogens is 276 g/mol. The van der Waals surface area contributed by atoms with Gasteiger partial charge >= 0.3 is 0 Å². The molecule has 1 aromatic heterocycles.